The zero-order chi connectivity index (χ0) is 11.5. The molecule has 1 aromatic heterocycles. The molecular formula is C11H12N4O. The molecule has 16 heavy (non-hydrogen) atoms. The third-order valence-corrected chi connectivity index (χ3v) is 2.06. The molecule has 0 bridgehead atoms. The average molecular weight is 216 g/mol. The minimum atomic E-state index is -0.464. The second kappa shape index (κ2) is 4.14. The molecule has 5 heteroatoms. The van der Waals surface area contributed by atoms with E-state index in [0.29, 0.717) is 5.82 Å². The number of H-pyrrole nitrogens is 1. The SMILES string of the molecule is Cc1cc(C)cc(Nc2cn[nH]c(=O)n2)c1. The molecule has 0 unspecified atom stereocenters. The number of aromatic nitrogens is 3. The van der Waals surface area contributed by atoms with Crippen molar-refractivity contribution in [1.29, 1.82) is 0 Å². The normalized spacial score (nSPS) is 10.1. The van der Waals surface area contributed by atoms with Crippen molar-refractivity contribution in [2.45, 2.75) is 13.8 Å². The van der Waals surface area contributed by atoms with Crippen LogP contribution < -0.4 is 11.0 Å². The molecule has 0 radical (unpaired) electrons. The molecule has 0 amide bonds. The number of benzene rings is 1. The molecule has 0 saturated carbocycles. The minimum Gasteiger partial charge on any atom is -0.339 e. The molecule has 1 heterocycles. The van der Waals surface area contributed by atoms with Crippen LogP contribution in [0.15, 0.2) is 29.2 Å². The van der Waals surface area contributed by atoms with Crippen molar-refractivity contribution in [2.75, 3.05) is 5.32 Å². The highest BCUT2D eigenvalue weighted by Crippen LogP contribution is 2.16. The van der Waals surface area contributed by atoms with E-state index in [9.17, 15) is 4.79 Å². The lowest BCUT2D eigenvalue weighted by molar-refractivity contribution is 0.918. The van der Waals surface area contributed by atoms with Gasteiger partial charge in [0, 0.05) is 5.69 Å². The second-order valence-electron chi connectivity index (χ2n) is 3.67. The van der Waals surface area contributed by atoms with Crippen LogP contribution in [0.5, 0.6) is 0 Å². The quantitative estimate of drug-likeness (QED) is 0.798. The van der Waals surface area contributed by atoms with Gasteiger partial charge in [0.25, 0.3) is 0 Å². The van der Waals surface area contributed by atoms with Crippen LogP contribution >= 0.6 is 0 Å². The van der Waals surface area contributed by atoms with Gasteiger partial charge in [-0.05, 0) is 37.1 Å². The van der Waals surface area contributed by atoms with Crippen molar-refractivity contribution in [3.8, 4) is 0 Å². The third kappa shape index (κ3) is 2.44. The summed E-state index contributed by atoms with van der Waals surface area (Å²) >= 11 is 0. The highest BCUT2D eigenvalue weighted by molar-refractivity contribution is 5.57. The fourth-order valence-corrected chi connectivity index (χ4v) is 1.57. The van der Waals surface area contributed by atoms with Crippen molar-refractivity contribution < 1.29 is 0 Å². The smallest absolute Gasteiger partial charge is 0.339 e. The summed E-state index contributed by atoms with van der Waals surface area (Å²) in [5, 5.41) is 8.92. The molecule has 82 valence electrons. The number of hydrogen-bond donors (Lipinski definition) is 2. The van der Waals surface area contributed by atoms with Gasteiger partial charge in [-0.1, -0.05) is 6.07 Å². The van der Waals surface area contributed by atoms with Crippen LogP contribution in [0.25, 0.3) is 0 Å². The lowest BCUT2D eigenvalue weighted by atomic mass is 10.1. The maximum absolute atomic E-state index is 10.9. The van der Waals surface area contributed by atoms with Crippen molar-refractivity contribution in [2.24, 2.45) is 0 Å². The van der Waals surface area contributed by atoms with E-state index in [4.69, 9.17) is 0 Å². The molecule has 0 saturated heterocycles. The Morgan fingerprint density at radius 2 is 1.88 bits per heavy atom. The molecule has 0 fully saturated rings. The van der Waals surface area contributed by atoms with Crippen LogP contribution in [0, 0.1) is 13.8 Å². The number of aromatic amines is 1. The third-order valence-electron chi connectivity index (χ3n) is 2.06. The fourth-order valence-electron chi connectivity index (χ4n) is 1.57. The average Bonchev–Trinajstić information content (AvgIpc) is 2.15. The molecular weight excluding hydrogens is 204 g/mol. The van der Waals surface area contributed by atoms with Crippen LogP contribution in [0.1, 0.15) is 11.1 Å². The van der Waals surface area contributed by atoms with Crippen LogP contribution in [-0.4, -0.2) is 15.2 Å². The first-order valence-corrected chi connectivity index (χ1v) is 4.90. The summed E-state index contributed by atoms with van der Waals surface area (Å²) in [6.07, 6.45) is 1.47. The molecule has 5 nitrogen and oxygen atoms in total. The molecule has 0 spiro atoms. The van der Waals surface area contributed by atoms with Crippen molar-refractivity contribution >= 4 is 11.5 Å². The lowest BCUT2D eigenvalue weighted by Gasteiger charge is -2.06. The van der Waals surface area contributed by atoms with E-state index in [1.807, 2.05) is 26.0 Å². The number of anilines is 2. The first-order valence-electron chi connectivity index (χ1n) is 4.90. The van der Waals surface area contributed by atoms with Crippen molar-refractivity contribution in [3.05, 3.63) is 46.0 Å². The van der Waals surface area contributed by atoms with Gasteiger partial charge in [0.05, 0.1) is 6.20 Å². The van der Waals surface area contributed by atoms with E-state index in [-0.39, 0.29) is 0 Å². The molecule has 0 aliphatic heterocycles. The van der Waals surface area contributed by atoms with E-state index in [1.165, 1.54) is 6.20 Å². The van der Waals surface area contributed by atoms with Crippen molar-refractivity contribution in [1.82, 2.24) is 15.2 Å². The van der Waals surface area contributed by atoms with Gasteiger partial charge in [0.15, 0.2) is 5.82 Å². The van der Waals surface area contributed by atoms with Gasteiger partial charge in [0.1, 0.15) is 0 Å². The Bertz CT molecular complexity index is 542. The van der Waals surface area contributed by atoms with Gasteiger partial charge in [-0.25, -0.2) is 9.89 Å². The molecule has 2 rings (SSSR count). The minimum absolute atomic E-state index is 0.439. The zero-order valence-electron chi connectivity index (χ0n) is 9.11. The predicted molar refractivity (Wildman–Crippen MR) is 61.9 cm³/mol. The lowest BCUT2D eigenvalue weighted by Crippen LogP contribution is -2.13. The Morgan fingerprint density at radius 3 is 2.50 bits per heavy atom. The maximum Gasteiger partial charge on any atom is 0.363 e. The summed E-state index contributed by atoms with van der Waals surface area (Å²) in [6.45, 7) is 4.03. The fraction of sp³-hybridized carbons (Fsp3) is 0.182. The molecule has 0 aliphatic rings. The standard InChI is InChI=1S/C11H12N4O/c1-7-3-8(2)5-9(4-7)13-10-6-12-15-11(16)14-10/h3-6H,1-2H3,(H2,13,14,15,16). The molecule has 1 aromatic carbocycles. The summed E-state index contributed by atoms with van der Waals surface area (Å²) in [6, 6.07) is 6.04. The van der Waals surface area contributed by atoms with Crippen molar-refractivity contribution in [3.63, 3.8) is 0 Å². The van der Waals surface area contributed by atoms with E-state index in [2.05, 4.69) is 26.6 Å². The summed E-state index contributed by atoms with van der Waals surface area (Å²) in [5.74, 6) is 0.439. The number of aryl methyl sites for hydroxylation is 2. The van der Waals surface area contributed by atoms with Gasteiger partial charge in [0.2, 0.25) is 0 Å². The topological polar surface area (TPSA) is 70.7 Å². The maximum atomic E-state index is 10.9. The molecule has 0 aliphatic carbocycles. The van der Waals surface area contributed by atoms with E-state index in [1.54, 1.807) is 0 Å². The van der Waals surface area contributed by atoms with E-state index in [0.717, 1.165) is 16.8 Å². The van der Waals surface area contributed by atoms with Gasteiger partial charge < -0.3 is 5.32 Å². The Hall–Kier alpha value is -2.17. The molecule has 0 atom stereocenters. The summed E-state index contributed by atoms with van der Waals surface area (Å²) in [4.78, 5) is 14.7. The monoisotopic (exact) mass is 216 g/mol. The Morgan fingerprint density at radius 1 is 1.19 bits per heavy atom. The zero-order valence-corrected chi connectivity index (χ0v) is 9.11. The summed E-state index contributed by atoms with van der Waals surface area (Å²) < 4.78 is 0. The van der Waals surface area contributed by atoms with Gasteiger partial charge >= 0.3 is 5.69 Å². The van der Waals surface area contributed by atoms with E-state index < -0.39 is 5.69 Å². The predicted octanol–water partition coefficient (Wildman–Crippen LogP) is 1.53. The first-order chi connectivity index (χ1) is 7.63. The molecule has 2 aromatic rings. The van der Waals surface area contributed by atoms with Gasteiger partial charge in [-0.15, -0.1) is 0 Å². The van der Waals surface area contributed by atoms with Crippen LogP contribution in [-0.2, 0) is 0 Å². The summed E-state index contributed by atoms with van der Waals surface area (Å²) in [5.41, 5.74) is 2.74. The Balaban J connectivity index is 2.30. The number of nitrogens with one attached hydrogen (secondary N) is 2. The van der Waals surface area contributed by atoms with Gasteiger partial charge in [-0.3, -0.25) is 0 Å². The first kappa shape index (κ1) is 10.4. The number of rotatable bonds is 2. The highest BCUT2D eigenvalue weighted by Gasteiger charge is 1.99. The van der Waals surface area contributed by atoms with E-state index >= 15 is 0 Å². The number of nitrogens with zero attached hydrogens (tertiary/aromatic N) is 2. The molecule has 2 N–H and O–H groups in total. The van der Waals surface area contributed by atoms with Gasteiger partial charge in [-0.2, -0.15) is 10.1 Å². The van der Waals surface area contributed by atoms with Crippen LogP contribution in [0.4, 0.5) is 11.5 Å². The summed E-state index contributed by atoms with van der Waals surface area (Å²) in [7, 11) is 0. The highest BCUT2D eigenvalue weighted by atomic mass is 16.1. The number of hydrogen-bond acceptors (Lipinski definition) is 4. The Labute approximate surface area is 92.6 Å². The largest absolute Gasteiger partial charge is 0.363 e. The van der Waals surface area contributed by atoms with Crippen LogP contribution in [0.3, 0.4) is 0 Å². The Kier molecular flexibility index (Phi) is 2.68. The second-order valence-corrected chi connectivity index (χ2v) is 3.67. The van der Waals surface area contributed by atoms with Crippen LogP contribution in [0.2, 0.25) is 0 Å².